The van der Waals surface area contributed by atoms with Crippen LogP contribution in [0.25, 0.3) is 6.08 Å². The predicted molar refractivity (Wildman–Crippen MR) is 66.4 cm³/mol. The minimum Gasteiger partial charge on any atom is -0.496 e. The SMILES string of the molecule is COc1cc(Br)ccc1C=C1CC(=O)NC1=O. The van der Waals surface area contributed by atoms with Crippen LogP contribution in [-0.2, 0) is 9.59 Å². The van der Waals surface area contributed by atoms with E-state index in [1.165, 1.54) is 0 Å². The predicted octanol–water partition coefficient (Wildman–Crippen LogP) is 1.89. The Balaban J connectivity index is 2.38. The number of ether oxygens (including phenoxy) is 1. The van der Waals surface area contributed by atoms with Gasteiger partial charge in [0.15, 0.2) is 0 Å². The molecule has 0 radical (unpaired) electrons. The molecule has 17 heavy (non-hydrogen) atoms. The first-order valence-electron chi connectivity index (χ1n) is 4.98. The molecule has 1 N–H and O–H groups in total. The molecular formula is C12H10BrNO3. The molecular weight excluding hydrogens is 286 g/mol. The van der Waals surface area contributed by atoms with E-state index in [2.05, 4.69) is 21.2 Å². The van der Waals surface area contributed by atoms with Crippen molar-refractivity contribution in [2.75, 3.05) is 7.11 Å². The number of methoxy groups -OCH3 is 1. The molecule has 1 heterocycles. The number of amides is 2. The van der Waals surface area contributed by atoms with Crippen molar-refractivity contribution in [3.8, 4) is 5.75 Å². The van der Waals surface area contributed by atoms with Gasteiger partial charge in [0, 0.05) is 15.6 Å². The molecule has 1 saturated heterocycles. The van der Waals surface area contributed by atoms with Crippen LogP contribution in [0.15, 0.2) is 28.2 Å². The summed E-state index contributed by atoms with van der Waals surface area (Å²) in [6.45, 7) is 0. The Morgan fingerprint density at radius 2 is 2.18 bits per heavy atom. The zero-order valence-electron chi connectivity index (χ0n) is 9.12. The average molecular weight is 296 g/mol. The number of imide groups is 1. The molecule has 2 amide bonds. The van der Waals surface area contributed by atoms with Crippen molar-refractivity contribution in [2.45, 2.75) is 6.42 Å². The summed E-state index contributed by atoms with van der Waals surface area (Å²) in [7, 11) is 1.56. The standard InChI is InChI=1S/C12H10BrNO3/c1-17-10-6-9(13)3-2-7(10)4-8-5-11(15)14-12(8)16/h2-4,6H,5H2,1H3,(H,14,15,16). The monoisotopic (exact) mass is 295 g/mol. The zero-order valence-corrected chi connectivity index (χ0v) is 10.7. The fourth-order valence-electron chi connectivity index (χ4n) is 1.61. The number of carbonyl (C=O) groups is 2. The van der Waals surface area contributed by atoms with E-state index in [9.17, 15) is 9.59 Å². The van der Waals surface area contributed by atoms with Gasteiger partial charge in [-0.25, -0.2) is 0 Å². The molecule has 0 saturated carbocycles. The summed E-state index contributed by atoms with van der Waals surface area (Å²) in [5.41, 5.74) is 1.23. The van der Waals surface area contributed by atoms with Gasteiger partial charge in [0.1, 0.15) is 5.75 Å². The van der Waals surface area contributed by atoms with Crippen molar-refractivity contribution in [1.82, 2.24) is 5.32 Å². The normalized spacial score (nSPS) is 17.4. The Morgan fingerprint density at radius 3 is 2.76 bits per heavy atom. The molecule has 0 bridgehead atoms. The van der Waals surface area contributed by atoms with Crippen LogP contribution in [0.4, 0.5) is 0 Å². The molecule has 1 aromatic carbocycles. The Bertz CT molecular complexity index is 522. The molecule has 0 aromatic heterocycles. The van der Waals surface area contributed by atoms with Crippen molar-refractivity contribution in [2.24, 2.45) is 0 Å². The maximum Gasteiger partial charge on any atom is 0.254 e. The van der Waals surface area contributed by atoms with E-state index < -0.39 is 0 Å². The molecule has 0 aliphatic carbocycles. The van der Waals surface area contributed by atoms with Crippen LogP contribution >= 0.6 is 15.9 Å². The number of halogens is 1. The smallest absolute Gasteiger partial charge is 0.254 e. The summed E-state index contributed by atoms with van der Waals surface area (Å²) >= 11 is 3.34. The van der Waals surface area contributed by atoms with E-state index >= 15 is 0 Å². The molecule has 88 valence electrons. The van der Waals surface area contributed by atoms with Gasteiger partial charge in [-0.05, 0) is 18.2 Å². The molecule has 2 rings (SSSR count). The molecule has 5 heteroatoms. The summed E-state index contributed by atoms with van der Waals surface area (Å²) in [6.07, 6.45) is 1.80. The molecule has 0 atom stereocenters. The Kier molecular flexibility index (Phi) is 3.28. The molecule has 1 aliphatic heterocycles. The van der Waals surface area contributed by atoms with E-state index in [1.807, 2.05) is 12.1 Å². The van der Waals surface area contributed by atoms with E-state index in [-0.39, 0.29) is 18.2 Å². The van der Waals surface area contributed by atoms with Gasteiger partial charge in [-0.1, -0.05) is 22.0 Å². The number of hydrogen-bond acceptors (Lipinski definition) is 3. The van der Waals surface area contributed by atoms with Crippen molar-refractivity contribution in [3.63, 3.8) is 0 Å². The third kappa shape index (κ3) is 2.55. The van der Waals surface area contributed by atoms with Crippen LogP contribution in [0.2, 0.25) is 0 Å². The van der Waals surface area contributed by atoms with Gasteiger partial charge < -0.3 is 4.74 Å². The lowest BCUT2D eigenvalue weighted by Crippen LogP contribution is -2.19. The van der Waals surface area contributed by atoms with E-state index in [4.69, 9.17) is 4.74 Å². The van der Waals surface area contributed by atoms with Gasteiger partial charge in [0.25, 0.3) is 5.91 Å². The van der Waals surface area contributed by atoms with Gasteiger partial charge in [0.05, 0.1) is 13.5 Å². The van der Waals surface area contributed by atoms with Gasteiger partial charge in [0.2, 0.25) is 5.91 Å². The first-order chi connectivity index (χ1) is 8.10. The Labute approximate surface area is 107 Å². The average Bonchev–Trinajstić information content (AvgIpc) is 2.60. The first kappa shape index (κ1) is 11.9. The van der Waals surface area contributed by atoms with Crippen LogP contribution in [0.1, 0.15) is 12.0 Å². The van der Waals surface area contributed by atoms with Crippen molar-refractivity contribution < 1.29 is 14.3 Å². The Hall–Kier alpha value is -1.62. The largest absolute Gasteiger partial charge is 0.496 e. The number of rotatable bonds is 2. The molecule has 1 aromatic rings. The van der Waals surface area contributed by atoms with Gasteiger partial charge in [-0.2, -0.15) is 0 Å². The van der Waals surface area contributed by atoms with Crippen molar-refractivity contribution >= 4 is 33.8 Å². The van der Waals surface area contributed by atoms with E-state index in [1.54, 1.807) is 19.3 Å². The third-order valence-corrected chi connectivity index (χ3v) is 2.91. The van der Waals surface area contributed by atoms with Crippen LogP contribution in [0, 0.1) is 0 Å². The minimum absolute atomic E-state index is 0.123. The number of benzene rings is 1. The molecule has 4 nitrogen and oxygen atoms in total. The second kappa shape index (κ2) is 4.71. The highest BCUT2D eigenvalue weighted by atomic mass is 79.9. The lowest BCUT2D eigenvalue weighted by Gasteiger charge is -2.05. The van der Waals surface area contributed by atoms with Gasteiger partial charge in [-0.3, -0.25) is 14.9 Å². The van der Waals surface area contributed by atoms with Crippen LogP contribution in [0.3, 0.4) is 0 Å². The van der Waals surface area contributed by atoms with Gasteiger partial charge in [-0.15, -0.1) is 0 Å². The molecule has 1 fully saturated rings. The highest BCUT2D eigenvalue weighted by molar-refractivity contribution is 9.10. The maximum absolute atomic E-state index is 11.4. The highest BCUT2D eigenvalue weighted by Gasteiger charge is 2.23. The summed E-state index contributed by atoms with van der Waals surface area (Å²) in [4.78, 5) is 22.5. The minimum atomic E-state index is -0.333. The lowest BCUT2D eigenvalue weighted by molar-refractivity contribution is -0.124. The number of hydrogen-bond donors (Lipinski definition) is 1. The maximum atomic E-state index is 11.4. The van der Waals surface area contributed by atoms with E-state index in [0.29, 0.717) is 11.3 Å². The van der Waals surface area contributed by atoms with Crippen LogP contribution in [0.5, 0.6) is 5.75 Å². The summed E-state index contributed by atoms with van der Waals surface area (Å²) in [5, 5.41) is 2.24. The van der Waals surface area contributed by atoms with E-state index in [0.717, 1.165) is 10.0 Å². The molecule has 1 aliphatic rings. The topological polar surface area (TPSA) is 55.4 Å². The van der Waals surface area contributed by atoms with Crippen molar-refractivity contribution in [3.05, 3.63) is 33.8 Å². The van der Waals surface area contributed by atoms with Crippen LogP contribution in [-0.4, -0.2) is 18.9 Å². The Morgan fingerprint density at radius 1 is 1.41 bits per heavy atom. The molecule has 0 unspecified atom stereocenters. The fourth-order valence-corrected chi connectivity index (χ4v) is 1.95. The summed E-state index contributed by atoms with van der Waals surface area (Å²) < 4.78 is 6.10. The van der Waals surface area contributed by atoms with Crippen molar-refractivity contribution in [1.29, 1.82) is 0 Å². The second-order valence-electron chi connectivity index (χ2n) is 3.61. The number of nitrogens with one attached hydrogen (secondary N) is 1. The fraction of sp³-hybridized carbons (Fsp3) is 0.167. The number of carbonyl (C=O) groups excluding carboxylic acids is 2. The summed E-state index contributed by atoms with van der Waals surface area (Å²) in [5.74, 6) is 0.0522. The first-order valence-corrected chi connectivity index (χ1v) is 5.78. The third-order valence-electron chi connectivity index (χ3n) is 2.42. The quantitative estimate of drug-likeness (QED) is 0.670. The highest BCUT2D eigenvalue weighted by Crippen LogP contribution is 2.26. The van der Waals surface area contributed by atoms with Gasteiger partial charge >= 0.3 is 0 Å². The second-order valence-corrected chi connectivity index (χ2v) is 4.53. The van der Waals surface area contributed by atoms with Crippen LogP contribution < -0.4 is 10.1 Å². The lowest BCUT2D eigenvalue weighted by atomic mass is 10.1. The summed E-state index contributed by atoms with van der Waals surface area (Å²) in [6, 6.07) is 5.48. The zero-order chi connectivity index (χ0) is 12.4. The molecule has 0 spiro atoms.